The summed E-state index contributed by atoms with van der Waals surface area (Å²) in [7, 11) is 1.34. The second-order valence-electron chi connectivity index (χ2n) is 11.1. The van der Waals surface area contributed by atoms with Crippen molar-refractivity contribution in [1.82, 2.24) is 24.5 Å². The van der Waals surface area contributed by atoms with Gasteiger partial charge in [-0.2, -0.15) is 10.2 Å². The van der Waals surface area contributed by atoms with Gasteiger partial charge in [-0.25, -0.2) is 19.7 Å². The predicted molar refractivity (Wildman–Crippen MR) is 153 cm³/mol. The van der Waals surface area contributed by atoms with E-state index in [1.54, 1.807) is 12.3 Å². The number of aromatic nitrogens is 5. The van der Waals surface area contributed by atoms with Gasteiger partial charge in [0.2, 0.25) is 5.88 Å². The summed E-state index contributed by atoms with van der Waals surface area (Å²) in [6.07, 6.45) is 8.84. The predicted octanol–water partition coefficient (Wildman–Crippen LogP) is 5.74. The van der Waals surface area contributed by atoms with Crippen LogP contribution in [0.5, 0.6) is 5.88 Å². The van der Waals surface area contributed by atoms with Gasteiger partial charge in [0, 0.05) is 36.7 Å². The van der Waals surface area contributed by atoms with Gasteiger partial charge in [-0.05, 0) is 74.3 Å². The second kappa shape index (κ2) is 11.5. The molecule has 2 aliphatic rings. The monoisotopic (exact) mass is 570 g/mol. The van der Waals surface area contributed by atoms with Crippen LogP contribution in [0.3, 0.4) is 0 Å². The lowest BCUT2D eigenvalue weighted by Crippen LogP contribution is -2.26. The van der Waals surface area contributed by atoms with Crippen LogP contribution in [0, 0.1) is 22.7 Å². The average Bonchev–Trinajstić information content (AvgIpc) is 3.70. The Labute approximate surface area is 243 Å². The summed E-state index contributed by atoms with van der Waals surface area (Å²) in [6, 6.07) is 15.5. The highest BCUT2D eigenvalue weighted by Gasteiger charge is 2.44. The molecule has 0 N–H and O–H groups in total. The average molecular weight is 571 g/mol. The van der Waals surface area contributed by atoms with Gasteiger partial charge < -0.3 is 14.0 Å². The molecule has 6 rings (SSSR count). The van der Waals surface area contributed by atoms with Gasteiger partial charge in [0.05, 0.1) is 18.6 Å². The van der Waals surface area contributed by atoms with Crippen LogP contribution in [-0.2, 0) is 24.1 Å². The van der Waals surface area contributed by atoms with Crippen LogP contribution in [0.2, 0.25) is 5.02 Å². The quantitative estimate of drug-likeness (QED) is 0.234. The van der Waals surface area contributed by atoms with Crippen LogP contribution in [-0.4, -0.2) is 43.7 Å². The molecule has 0 amide bonds. The fraction of sp³-hybridized carbons (Fsp3) is 0.419. The van der Waals surface area contributed by atoms with Crippen LogP contribution in [0.1, 0.15) is 66.2 Å². The van der Waals surface area contributed by atoms with Crippen molar-refractivity contribution in [3.8, 4) is 11.9 Å². The maximum Gasteiger partial charge on any atom is 0.356 e. The van der Waals surface area contributed by atoms with Crippen molar-refractivity contribution in [3.05, 3.63) is 76.6 Å². The number of hydrogen-bond donors (Lipinski definition) is 0. The van der Waals surface area contributed by atoms with Crippen molar-refractivity contribution in [2.45, 2.75) is 64.0 Å². The summed E-state index contributed by atoms with van der Waals surface area (Å²) >= 11 is 6.00. The molecular formula is C31H31ClN6O3. The Morgan fingerprint density at radius 2 is 1.85 bits per heavy atom. The maximum absolute atomic E-state index is 12.1. The number of nitrogens with zero attached hydrogens (tertiary/aromatic N) is 6. The van der Waals surface area contributed by atoms with Crippen LogP contribution >= 0.6 is 11.6 Å². The van der Waals surface area contributed by atoms with Gasteiger partial charge in [0.1, 0.15) is 23.3 Å². The SMILES string of the molecule is COC(=O)c1ccc2nc(C[C@H]3CC[C@H](Oc4ccnc(Cc5ccc(Cl)cc5)n4)CC3)n(CC3(C#N)CC3)c2n1. The number of hydrogen-bond acceptors (Lipinski definition) is 8. The molecule has 9 nitrogen and oxygen atoms in total. The molecular weight excluding hydrogens is 540 g/mol. The molecule has 10 heteroatoms. The van der Waals surface area contributed by atoms with E-state index in [-0.39, 0.29) is 17.2 Å². The lowest BCUT2D eigenvalue weighted by atomic mass is 9.85. The second-order valence-corrected chi connectivity index (χ2v) is 11.6. The van der Waals surface area contributed by atoms with Gasteiger partial charge in [-0.3, -0.25) is 0 Å². The zero-order chi connectivity index (χ0) is 28.4. The minimum atomic E-state index is -0.485. The Hall–Kier alpha value is -4.03. The molecule has 0 spiro atoms. The molecule has 0 radical (unpaired) electrons. The number of ether oxygens (including phenoxy) is 2. The topological polar surface area (TPSA) is 116 Å². The molecule has 3 heterocycles. The fourth-order valence-corrected chi connectivity index (χ4v) is 5.67. The molecule has 4 aromatic rings. The summed E-state index contributed by atoms with van der Waals surface area (Å²) in [5.74, 6) is 2.19. The van der Waals surface area contributed by atoms with Crippen molar-refractivity contribution in [2.24, 2.45) is 11.3 Å². The van der Waals surface area contributed by atoms with E-state index in [2.05, 4.69) is 25.6 Å². The maximum atomic E-state index is 12.1. The van der Waals surface area contributed by atoms with Crippen molar-refractivity contribution in [1.29, 1.82) is 5.26 Å². The van der Waals surface area contributed by atoms with E-state index in [1.165, 1.54) is 7.11 Å². The number of rotatable bonds is 9. The lowest BCUT2D eigenvalue weighted by Gasteiger charge is -2.28. The molecule has 0 bridgehead atoms. The number of nitriles is 1. The highest BCUT2D eigenvalue weighted by molar-refractivity contribution is 6.30. The van der Waals surface area contributed by atoms with Crippen LogP contribution in [0.25, 0.3) is 11.2 Å². The van der Waals surface area contributed by atoms with Crippen LogP contribution in [0.4, 0.5) is 0 Å². The number of carbonyl (C=O) groups excluding carboxylic acids is 1. The largest absolute Gasteiger partial charge is 0.474 e. The zero-order valence-corrected chi connectivity index (χ0v) is 23.7. The van der Waals surface area contributed by atoms with E-state index < -0.39 is 5.97 Å². The molecule has 0 aliphatic heterocycles. The van der Waals surface area contributed by atoms with Crippen molar-refractivity contribution in [2.75, 3.05) is 7.11 Å². The van der Waals surface area contributed by atoms with Crippen molar-refractivity contribution < 1.29 is 14.3 Å². The Morgan fingerprint density at radius 3 is 2.56 bits per heavy atom. The Balaban J connectivity index is 1.11. The first-order chi connectivity index (χ1) is 19.9. The number of methoxy groups -OCH3 is 1. The van der Waals surface area contributed by atoms with Crippen LogP contribution in [0.15, 0.2) is 48.7 Å². The normalized spacial score (nSPS) is 19.4. The number of esters is 1. The molecule has 2 aliphatic carbocycles. The third-order valence-corrected chi connectivity index (χ3v) is 8.38. The van der Waals surface area contributed by atoms with Gasteiger partial charge in [-0.1, -0.05) is 23.7 Å². The summed E-state index contributed by atoms with van der Waals surface area (Å²) in [5, 5.41) is 10.5. The standard InChI is InChI=1S/C31H31ClN6O3/c1-40-30(39)25-11-10-24-29(36-25)38(19-31(18-33)13-14-31)27(35-24)17-21-4-8-23(9-5-21)41-28-12-15-34-26(37-28)16-20-2-6-22(32)7-3-20/h2-3,6-7,10-12,15,21,23H,4-5,8-9,13-14,16-17,19H2,1H3/t21-,23-. The highest BCUT2D eigenvalue weighted by atomic mass is 35.5. The minimum Gasteiger partial charge on any atom is -0.474 e. The van der Waals surface area contributed by atoms with E-state index in [4.69, 9.17) is 26.1 Å². The van der Waals surface area contributed by atoms with E-state index in [0.29, 0.717) is 41.3 Å². The number of fused-ring (bicyclic) bond motifs is 1. The molecule has 0 saturated heterocycles. The summed E-state index contributed by atoms with van der Waals surface area (Å²) in [4.78, 5) is 30.6. The highest BCUT2D eigenvalue weighted by Crippen LogP contribution is 2.47. The summed E-state index contributed by atoms with van der Waals surface area (Å²) in [6.45, 7) is 0.539. The molecule has 1 aromatic carbocycles. The Morgan fingerprint density at radius 1 is 1.07 bits per heavy atom. The molecule has 210 valence electrons. The van der Waals surface area contributed by atoms with E-state index in [9.17, 15) is 10.1 Å². The molecule has 2 saturated carbocycles. The molecule has 41 heavy (non-hydrogen) atoms. The Bertz CT molecular complexity index is 1600. The van der Waals surface area contributed by atoms with Crippen molar-refractivity contribution in [3.63, 3.8) is 0 Å². The lowest BCUT2D eigenvalue weighted by molar-refractivity contribution is 0.0594. The van der Waals surface area contributed by atoms with E-state index >= 15 is 0 Å². The Kier molecular flexibility index (Phi) is 7.59. The third kappa shape index (κ3) is 6.18. The molecule has 0 atom stereocenters. The van der Waals surface area contributed by atoms with E-state index in [1.807, 2.05) is 36.4 Å². The number of benzene rings is 1. The zero-order valence-electron chi connectivity index (χ0n) is 22.9. The molecule has 3 aromatic heterocycles. The summed E-state index contributed by atoms with van der Waals surface area (Å²) < 4.78 is 13.2. The first-order valence-electron chi connectivity index (χ1n) is 14.0. The number of carbonyl (C=O) groups is 1. The van der Waals surface area contributed by atoms with Crippen LogP contribution < -0.4 is 4.74 Å². The van der Waals surface area contributed by atoms with Gasteiger partial charge in [0.25, 0.3) is 0 Å². The van der Waals surface area contributed by atoms with Gasteiger partial charge in [-0.15, -0.1) is 0 Å². The smallest absolute Gasteiger partial charge is 0.356 e. The minimum absolute atomic E-state index is 0.0981. The number of pyridine rings is 1. The van der Waals surface area contributed by atoms with E-state index in [0.717, 1.165) is 61.9 Å². The van der Waals surface area contributed by atoms with Crippen molar-refractivity contribution >= 4 is 28.7 Å². The third-order valence-electron chi connectivity index (χ3n) is 8.13. The number of halogens is 1. The first-order valence-corrected chi connectivity index (χ1v) is 14.4. The summed E-state index contributed by atoms with van der Waals surface area (Å²) in [5.41, 5.74) is 2.34. The molecule has 2 fully saturated rings. The molecule has 0 unspecified atom stereocenters. The number of imidazole rings is 1. The first kappa shape index (κ1) is 27.2. The fourth-order valence-electron chi connectivity index (χ4n) is 5.55. The van der Waals surface area contributed by atoms with Gasteiger partial charge >= 0.3 is 5.97 Å². The van der Waals surface area contributed by atoms with Gasteiger partial charge in [0.15, 0.2) is 11.3 Å².